The highest BCUT2D eigenvalue weighted by Gasteiger charge is 2.03. The molecule has 17 heavy (non-hydrogen) atoms. The summed E-state index contributed by atoms with van der Waals surface area (Å²) < 4.78 is 30.7. The number of aromatic nitrogens is 2. The van der Waals surface area contributed by atoms with Crippen LogP contribution in [0.3, 0.4) is 0 Å². The van der Waals surface area contributed by atoms with Crippen LogP contribution in [0.4, 0.5) is 14.6 Å². The van der Waals surface area contributed by atoms with Crippen LogP contribution in [0, 0.1) is 11.6 Å². The zero-order valence-corrected chi connectivity index (χ0v) is 8.91. The van der Waals surface area contributed by atoms with Crippen molar-refractivity contribution >= 4 is 5.82 Å². The van der Waals surface area contributed by atoms with E-state index in [9.17, 15) is 8.78 Å². The van der Waals surface area contributed by atoms with Gasteiger partial charge < -0.3 is 10.5 Å². The molecule has 0 bridgehead atoms. The molecule has 2 rings (SSSR count). The van der Waals surface area contributed by atoms with Gasteiger partial charge in [-0.3, -0.25) is 5.10 Å². The molecule has 1 heterocycles. The van der Waals surface area contributed by atoms with Gasteiger partial charge in [-0.1, -0.05) is 0 Å². The molecule has 0 aliphatic heterocycles. The monoisotopic (exact) mass is 239 g/mol. The van der Waals surface area contributed by atoms with Crippen LogP contribution in [0.5, 0.6) is 5.75 Å². The Hall–Kier alpha value is -2.11. The van der Waals surface area contributed by atoms with E-state index in [0.717, 1.165) is 17.8 Å². The van der Waals surface area contributed by atoms with E-state index in [-0.39, 0.29) is 5.75 Å². The maximum absolute atomic E-state index is 12.8. The number of halogens is 2. The van der Waals surface area contributed by atoms with E-state index in [1.165, 1.54) is 6.07 Å². The Morgan fingerprint density at radius 3 is 2.71 bits per heavy atom. The first kappa shape index (κ1) is 11.4. The van der Waals surface area contributed by atoms with Crippen LogP contribution in [-0.4, -0.2) is 16.8 Å². The third-order valence-electron chi connectivity index (χ3n) is 2.18. The Kier molecular flexibility index (Phi) is 3.22. The second-order valence-electron chi connectivity index (χ2n) is 3.49. The molecule has 0 amide bonds. The first-order chi connectivity index (χ1) is 8.15. The molecule has 0 saturated carbocycles. The van der Waals surface area contributed by atoms with Crippen molar-refractivity contribution in [3.8, 4) is 5.75 Å². The van der Waals surface area contributed by atoms with Crippen LogP contribution in [0.2, 0.25) is 0 Å². The van der Waals surface area contributed by atoms with Gasteiger partial charge in [0.1, 0.15) is 11.6 Å². The maximum Gasteiger partial charge on any atom is 0.162 e. The number of nitrogens with zero attached hydrogens (tertiary/aromatic N) is 1. The molecule has 0 unspecified atom stereocenters. The normalized spacial score (nSPS) is 10.5. The summed E-state index contributed by atoms with van der Waals surface area (Å²) in [5.74, 6) is -1.11. The van der Waals surface area contributed by atoms with Crippen LogP contribution >= 0.6 is 0 Å². The number of nitrogens with two attached hydrogens (primary N) is 1. The SMILES string of the molecule is Nc1cc(CCOc2ccc(F)c(F)c2)[nH]n1. The molecule has 0 saturated heterocycles. The number of benzene rings is 1. The van der Waals surface area contributed by atoms with E-state index < -0.39 is 11.6 Å². The molecule has 1 aromatic heterocycles. The van der Waals surface area contributed by atoms with Crippen LogP contribution in [0.1, 0.15) is 5.69 Å². The van der Waals surface area contributed by atoms with Gasteiger partial charge in [0.05, 0.1) is 6.61 Å². The topological polar surface area (TPSA) is 63.9 Å². The average molecular weight is 239 g/mol. The molecule has 2 aromatic rings. The van der Waals surface area contributed by atoms with Gasteiger partial charge >= 0.3 is 0 Å². The Labute approximate surface area is 96.4 Å². The van der Waals surface area contributed by atoms with Gasteiger partial charge in [-0.05, 0) is 12.1 Å². The second kappa shape index (κ2) is 4.82. The number of H-pyrrole nitrogens is 1. The number of nitrogens with one attached hydrogen (secondary N) is 1. The van der Waals surface area contributed by atoms with Crippen molar-refractivity contribution in [1.82, 2.24) is 10.2 Å². The smallest absolute Gasteiger partial charge is 0.162 e. The van der Waals surface area contributed by atoms with Gasteiger partial charge in [-0.2, -0.15) is 5.10 Å². The van der Waals surface area contributed by atoms with E-state index in [0.29, 0.717) is 18.8 Å². The maximum atomic E-state index is 12.8. The third kappa shape index (κ3) is 2.93. The number of hydrogen-bond acceptors (Lipinski definition) is 3. The molecule has 4 nitrogen and oxygen atoms in total. The molecule has 6 heteroatoms. The van der Waals surface area contributed by atoms with E-state index in [4.69, 9.17) is 10.5 Å². The van der Waals surface area contributed by atoms with Crippen molar-refractivity contribution in [3.05, 3.63) is 41.6 Å². The van der Waals surface area contributed by atoms with Crippen LogP contribution in [-0.2, 0) is 6.42 Å². The minimum Gasteiger partial charge on any atom is -0.493 e. The zero-order valence-electron chi connectivity index (χ0n) is 8.91. The van der Waals surface area contributed by atoms with E-state index in [1.807, 2.05) is 0 Å². The molecule has 0 radical (unpaired) electrons. The molecule has 0 aliphatic rings. The highest BCUT2D eigenvalue weighted by Crippen LogP contribution is 2.15. The molecule has 90 valence electrons. The summed E-state index contributed by atoms with van der Waals surface area (Å²) in [5, 5.41) is 6.48. The Morgan fingerprint density at radius 1 is 1.24 bits per heavy atom. The van der Waals surface area contributed by atoms with Gasteiger partial charge in [0.15, 0.2) is 11.6 Å². The summed E-state index contributed by atoms with van der Waals surface area (Å²) in [6.07, 6.45) is 0.559. The molecule has 0 spiro atoms. The molecule has 3 N–H and O–H groups in total. The Bertz CT molecular complexity index is 513. The van der Waals surface area contributed by atoms with Crippen LogP contribution in [0.25, 0.3) is 0 Å². The standard InChI is InChI=1S/C11H11F2N3O/c12-9-2-1-8(6-10(9)13)17-4-3-7-5-11(14)16-15-7/h1-2,5-6H,3-4H2,(H3,14,15,16). The Balaban J connectivity index is 1.87. The fourth-order valence-corrected chi connectivity index (χ4v) is 1.35. The van der Waals surface area contributed by atoms with E-state index >= 15 is 0 Å². The van der Waals surface area contributed by atoms with Crippen LogP contribution in [0.15, 0.2) is 24.3 Å². The molecule has 1 aromatic carbocycles. The first-order valence-corrected chi connectivity index (χ1v) is 5.03. The lowest BCUT2D eigenvalue weighted by Gasteiger charge is -2.05. The lowest BCUT2D eigenvalue weighted by molar-refractivity contribution is 0.317. The Morgan fingerprint density at radius 2 is 2.06 bits per heavy atom. The minimum atomic E-state index is -0.923. The van der Waals surface area contributed by atoms with Crippen molar-refractivity contribution in [2.45, 2.75) is 6.42 Å². The number of hydrogen-bond donors (Lipinski definition) is 2. The number of rotatable bonds is 4. The summed E-state index contributed by atoms with van der Waals surface area (Å²) in [6.45, 7) is 0.326. The predicted molar refractivity (Wildman–Crippen MR) is 58.6 cm³/mol. The van der Waals surface area contributed by atoms with Gasteiger partial charge in [0.25, 0.3) is 0 Å². The number of ether oxygens (including phenoxy) is 1. The second-order valence-corrected chi connectivity index (χ2v) is 3.49. The predicted octanol–water partition coefficient (Wildman–Crippen LogP) is 1.89. The summed E-state index contributed by atoms with van der Waals surface area (Å²) in [4.78, 5) is 0. The van der Waals surface area contributed by atoms with E-state index in [1.54, 1.807) is 6.07 Å². The largest absolute Gasteiger partial charge is 0.493 e. The summed E-state index contributed by atoms with van der Waals surface area (Å²) >= 11 is 0. The zero-order chi connectivity index (χ0) is 12.3. The lowest BCUT2D eigenvalue weighted by atomic mass is 10.3. The highest BCUT2D eigenvalue weighted by atomic mass is 19.2. The molecule has 0 fully saturated rings. The van der Waals surface area contributed by atoms with Crippen molar-refractivity contribution < 1.29 is 13.5 Å². The molecule has 0 atom stereocenters. The van der Waals surface area contributed by atoms with Crippen molar-refractivity contribution in [2.75, 3.05) is 12.3 Å². The number of nitrogen functional groups attached to an aromatic ring is 1. The number of anilines is 1. The van der Waals surface area contributed by atoms with Crippen molar-refractivity contribution in [1.29, 1.82) is 0 Å². The summed E-state index contributed by atoms with van der Waals surface area (Å²) in [7, 11) is 0. The summed E-state index contributed by atoms with van der Waals surface area (Å²) in [6, 6.07) is 5.10. The van der Waals surface area contributed by atoms with Crippen LogP contribution < -0.4 is 10.5 Å². The summed E-state index contributed by atoms with van der Waals surface area (Å²) in [5.41, 5.74) is 6.25. The van der Waals surface area contributed by atoms with Crippen molar-refractivity contribution in [2.24, 2.45) is 0 Å². The van der Waals surface area contributed by atoms with Crippen molar-refractivity contribution in [3.63, 3.8) is 0 Å². The average Bonchev–Trinajstić information content (AvgIpc) is 2.70. The van der Waals surface area contributed by atoms with Gasteiger partial charge in [0.2, 0.25) is 0 Å². The molecular weight excluding hydrogens is 228 g/mol. The molecule has 0 aliphatic carbocycles. The van der Waals surface area contributed by atoms with E-state index in [2.05, 4.69) is 10.2 Å². The number of aromatic amines is 1. The fourth-order valence-electron chi connectivity index (χ4n) is 1.35. The lowest BCUT2D eigenvalue weighted by Crippen LogP contribution is -2.02. The van der Waals surface area contributed by atoms with Gasteiger partial charge in [-0.25, -0.2) is 8.78 Å². The quantitative estimate of drug-likeness (QED) is 0.856. The van der Waals surface area contributed by atoms with Gasteiger partial charge in [0, 0.05) is 24.2 Å². The highest BCUT2D eigenvalue weighted by molar-refractivity contribution is 5.28. The minimum absolute atomic E-state index is 0.288. The fraction of sp³-hybridized carbons (Fsp3) is 0.182. The first-order valence-electron chi connectivity index (χ1n) is 5.03. The third-order valence-corrected chi connectivity index (χ3v) is 2.18. The molecular formula is C11H11F2N3O. The van der Waals surface area contributed by atoms with Gasteiger partial charge in [-0.15, -0.1) is 0 Å².